The van der Waals surface area contributed by atoms with Crippen LogP contribution in [0.3, 0.4) is 0 Å². The molecule has 3 rings (SSSR count). The van der Waals surface area contributed by atoms with Gasteiger partial charge in [-0.15, -0.1) is 0 Å². The van der Waals surface area contributed by atoms with Crippen molar-refractivity contribution in [3.8, 4) is 0 Å². The summed E-state index contributed by atoms with van der Waals surface area (Å²) in [6.45, 7) is 7.97. The van der Waals surface area contributed by atoms with Crippen LogP contribution in [0, 0.1) is 12.7 Å². The minimum Gasteiger partial charge on any atom is -0.383 e. The molecule has 3 amide bonds. The molecule has 0 aliphatic carbocycles. The van der Waals surface area contributed by atoms with E-state index in [1.807, 2.05) is 52.0 Å². The summed E-state index contributed by atoms with van der Waals surface area (Å²) in [5, 5.41) is 8.81. The highest BCUT2D eigenvalue weighted by Crippen LogP contribution is 2.33. The fourth-order valence-electron chi connectivity index (χ4n) is 3.74. The first kappa shape index (κ1) is 25.4. The smallest absolute Gasteiger partial charge is 0.318 e. The number of hydrazone groups is 1. The number of benzene rings is 2. The van der Waals surface area contributed by atoms with Gasteiger partial charge in [-0.1, -0.05) is 48.0 Å². The molecule has 0 aromatic heterocycles. The molecule has 0 saturated heterocycles. The number of hydrogen-bond donors (Lipinski definition) is 1. The predicted molar refractivity (Wildman–Crippen MR) is 130 cm³/mol. The van der Waals surface area contributed by atoms with Gasteiger partial charge in [0.05, 0.1) is 18.4 Å². The van der Waals surface area contributed by atoms with E-state index in [4.69, 9.17) is 4.74 Å². The monoisotopic (exact) mass is 468 g/mol. The van der Waals surface area contributed by atoms with Crippen LogP contribution in [-0.2, 0) is 9.53 Å². The topological polar surface area (TPSA) is 74.2 Å². The number of halogens is 1. The van der Waals surface area contributed by atoms with Gasteiger partial charge in [0.15, 0.2) is 0 Å². The number of urea groups is 1. The standard InChI is InChI=1S/C26H33FN4O3/c1-18-10-12-19(13-11-18)23-16-22(20-8-6-7-9-21(20)27)29-31(23)24(32)17-30(14-15-34-5)25(33)28-26(2,3)4/h6-13,23H,14-17H2,1-5H3,(H,28,33)/t23-/m0/s1. The zero-order chi connectivity index (χ0) is 24.9. The molecule has 1 N–H and O–H groups in total. The van der Waals surface area contributed by atoms with Crippen LogP contribution in [0.1, 0.15) is 49.9 Å². The summed E-state index contributed by atoms with van der Waals surface area (Å²) >= 11 is 0. The highest BCUT2D eigenvalue weighted by Gasteiger charge is 2.35. The highest BCUT2D eigenvalue weighted by molar-refractivity contribution is 6.03. The molecule has 0 bridgehead atoms. The summed E-state index contributed by atoms with van der Waals surface area (Å²) in [5.74, 6) is -0.735. The lowest BCUT2D eigenvalue weighted by Gasteiger charge is -2.30. The van der Waals surface area contributed by atoms with E-state index in [-0.39, 0.29) is 37.5 Å². The third kappa shape index (κ3) is 6.41. The van der Waals surface area contributed by atoms with E-state index >= 15 is 0 Å². The number of amides is 3. The fraction of sp³-hybridized carbons (Fsp3) is 0.423. The van der Waals surface area contributed by atoms with Crippen LogP contribution in [0.15, 0.2) is 53.6 Å². The minimum absolute atomic E-state index is 0.179. The Morgan fingerprint density at radius 3 is 2.47 bits per heavy atom. The van der Waals surface area contributed by atoms with Crippen molar-refractivity contribution in [3.63, 3.8) is 0 Å². The summed E-state index contributed by atoms with van der Waals surface area (Å²) in [7, 11) is 1.54. The van der Waals surface area contributed by atoms with Crippen molar-refractivity contribution < 1.29 is 18.7 Å². The van der Waals surface area contributed by atoms with Gasteiger partial charge >= 0.3 is 6.03 Å². The number of nitrogens with one attached hydrogen (secondary N) is 1. The Labute approximate surface area is 200 Å². The van der Waals surface area contributed by atoms with Crippen molar-refractivity contribution in [2.45, 2.75) is 45.7 Å². The van der Waals surface area contributed by atoms with Crippen molar-refractivity contribution in [3.05, 3.63) is 71.0 Å². The molecule has 7 nitrogen and oxygen atoms in total. The van der Waals surface area contributed by atoms with Gasteiger partial charge in [0.25, 0.3) is 5.91 Å². The van der Waals surface area contributed by atoms with E-state index in [0.717, 1.165) is 11.1 Å². The second-order valence-electron chi connectivity index (χ2n) is 9.49. The van der Waals surface area contributed by atoms with Gasteiger partial charge in [-0.05, 0) is 39.3 Å². The van der Waals surface area contributed by atoms with E-state index in [9.17, 15) is 14.0 Å². The third-order valence-corrected chi connectivity index (χ3v) is 5.47. The van der Waals surface area contributed by atoms with Gasteiger partial charge < -0.3 is 15.0 Å². The van der Waals surface area contributed by atoms with Crippen LogP contribution < -0.4 is 5.32 Å². The fourth-order valence-corrected chi connectivity index (χ4v) is 3.74. The lowest BCUT2D eigenvalue weighted by molar-refractivity contribution is -0.133. The predicted octanol–water partition coefficient (Wildman–Crippen LogP) is 4.27. The van der Waals surface area contributed by atoms with E-state index in [1.54, 1.807) is 25.3 Å². The SMILES string of the molecule is COCCN(CC(=O)N1N=C(c2ccccc2F)C[C@H]1c1ccc(C)cc1)C(=O)NC(C)(C)C. The molecule has 0 fully saturated rings. The van der Waals surface area contributed by atoms with Crippen molar-refractivity contribution in [2.75, 3.05) is 26.8 Å². The van der Waals surface area contributed by atoms with Gasteiger partial charge in [-0.2, -0.15) is 5.10 Å². The first-order valence-corrected chi connectivity index (χ1v) is 11.4. The zero-order valence-corrected chi connectivity index (χ0v) is 20.5. The normalized spacial score (nSPS) is 15.8. The number of hydrogen-bond acceptors (Lipinski definition) is 4. The van der Waals surface area contributed by atoms with E-state index in [0.29, 0.717) is 17.7 Å². The summed E-state index contributed by atoms with van der Waals surface area (Å²) in [5.41, 5.74) is 2.41. The second kappa shape index (κ2) is 10.8. The molecule has 1 aliphatic heterocycles. The van der Waals surface area contributed by atoms with Gasteiger partial charge in [0, 0.05) is 31.2 Å². The average Bonchev–Trinajstić information content (AvgIpc) is 3.21. The van der Waals surface area contributed by atoms with E-state index in [1.165, 1.54) is 16.0 Å². The number of nitrogens with zero attached hydrogens (tertiary/aromatic N) is 3. The van der Waals surface area contributed by atoms with Gasteiger partial charge in [-0.3, -0.25) is 4.79 Å². The molecular weight excluding hydrogens is 435 g/mol. The van der Waals surface area contributed by atoms with Crippen molar-refractivity contribution in [1.29, 1.82) is 0 Å². The Hall–Kier alpha value is -3.26. The molecule has 0 saturated carbocycles. The molecule has 182 valence electrons. The molecule has 0 radical (unpaired) electrons. The summed E-state index contributed by atoms with van der Waals surface area (Å²) in [4.78, 5) is 27.7. The Bertz CT molecular complexity index is 1050. The van der Waals surface area contributed by atoms with Crippen LogP contribution in [0.25, 0.3) is 0 Å². The maximum atomic E-state index is 14.5. The molecule has 1 aliphatic rings. The van der Waals surface area contributed by atoms with Gasteiger partial charge in [0.2, 0.25) is 0 Å². The molecule has 0 spiro atoms. The number of methoxy groups -OCH3 is 1. The summed E-state index contributed by atoms with van der Waals surface area (Å²) in [6, 6.07) is 13.5. The highest BCUT2D eigenvalue weighted by atomic mass is 19.1. The van der Waals surface area contributed by atoms with E-state index < -0.39 is 11.6 Å². The molecule has 1 heterocycles. The lowest BCUT2D eigenvalue weighted by Crippen LogP contribution is -2.52. The number of carbonyl (C=O) groups is 2. The van der Waals surface area contributed by atoms with Crippen molar-refractivity contribution in [1.82, 2.24) is 15.2 Å². The molecule has 8 heteroatoms. The quantitative estimate of drug-likeness (QED) is 0.660. The number of carbonyl (C=O) groups excluding carboxylic acids is 2. The Morgan fingerprint density at radius 2 is 1.85 bits per heavy atom. The number of rotatable bonds is 7. The molecule has 0 unspecified atom stereocenters. The summed E-state index contributed by atoms with van der Waals surface area (Å²) < 4.78 is 19.6. The van der Waals surface area contributed by atoms with Gasteiger partial charge in [0.1, 0.15) is 12.4 Å². The van der Waals surface area contributed by atoms with E-state index in [2.05, 4.69) is 10.4 Å². The van der Waals surface area contributed by atoms with Gasteiger partial charge in [-0.25, -0.2) is 14.2 Å². The van der Waals surface area contributed by atoms with Crippen LogP contribution in [-0.4, -0.2) is 59.9 Å². The summed E-state index contributed by atoms with van der Waals surface area (Å²) in [6.07, 6.45) is 0.377. The Balaban J connectivity index is 1.90. The molecule has 2 aromatic rings. The number of ether oxygens (including phenoxy) is 1. The third-order valence-electron chi connectivity index (χ3n) is 5.47. The van der Waals surface area contributed by atoms with Crippen LogP contribution >= 0.6 is 0 Å². The van der Waals surface area contributed by atoms with Crippen LogP contribution in [0.2, 0.25) is 0 Å². The van der Waals surface area contributed by atoms with Crippen LogP contribution in [0.4, 0.5) is 9.18 Å². The minimum atomic E-state index is -0.459. The largest absolute Gasteiger partial charge is 0.383 e. The first-order valence-electron chi connectivity index (χ1n) is 11.4. The van der Waals surface area contributed by atoms with Crippen molar-refractivity contribution >= 4 is 17.6 Å². The number of aryl methyl sites for hydroxylation is 1. The zero-order valence-electron chi connectivity index (χ0n) is 20.5. The molecular formula is C26H33FN4O3. The first-order chi connectivity index (χ1) is 16.1. The molecule has 34 heavy (non-hydrogen) atoms. The molecule has 1 atom stereocenters. The molecule has 2 aromatic carbocycles. The lowest BCUT2D eigenvalue weighted by atomic mass is 9.97. The maximum absolute atomic E-state index is 14.5. The average molecular weight is 469 g/mol. The van der Waals surface area contributed by atoms with Crippen molar-refractivity contribution in [2.24, 2.45) is 5.10 Å². The Kier molecular flexibility index (Phi) is 8.04. The maximum Gasteiger partial charge on any atom is 0.318 e. The second-order valence-corrected chi connectivity index (χ2v) is 9.49. The Morgan fingerprint density at radius 1 is 1.18 bits per heavy atom. The van der Waals surface area contributed by atoms with Crippen LogP contribution in [0.5, 0.6) is 0 Å².